The molecule has 80 heavy (non-hydrogen) atoms. The molecule has 6 heteroatoms. The number of H-pyrrole nitrogens is 2. The molecule has 0 atom stereocenters. The summed E-state index contributed by atoms with van der Waals surface area (Å²) in [5, 5.41) is 26.5. The Morgan fingerprint density at radius 2 is 0.588 bits per heavy atom. The van der Waals surface area contributed by atoms with Crippen molar-refractivity contribution in [2.75, 3.05) is 13.1 Å². The van der Waals surface area contributed by atoms with E-state index in [2.05, 4.69) is 156 Å². The molecule has 2 amide bonds. The number of hydrogen-bond acceptors (Lipinski definition) is 2. The number of amides is 2. The van der Waals surface area contributed by atoms with Crippen LogP contribution in [0.5, 0.6) is 0 Å². The van der Waals surface area contributed by atoms with Crippen LogP contribution >= 0.6 is 0 Å². The molecule has 2 heterocycles. The maximum Gasteiger partial charge on any atom is 0.251 e. The fourth-order valence-corrected chi connectivity index (χ4v) is 14.2. The predicted octanol–water partition coefficient (Wildman–Crippen LogP) is 20.4. The highest BCUT2D eigenvalue weighted by Gasteiger charge is 2.27. The normalized spacial score (nSPS) is 12.4. The fourth-order valence-electron chi connectivity index (χ4n) is 14.2. The Hall–Kier alpha value is -8.22. The molecule has 0 radical (unpaired) electrons. The van der Waals surface area contributed by atoms with Crippen LogP contribution in [0.2, 0.25) is 0 Å². The zero-order valence-electron chi connectivity index (χ0n) is 46.4. The van der Waals surface area contributed by atoms with Crippen molar-refractivity contribution in [2.24, 2.45) is 0 Å². The number of unbranched alkanes of at least 4 members (excludes halogenated alkanes) is 14. The van der Waals surface area contributed by atoms with Gasteiger partial charge in [-0.05, 0) is 138 Å². The first-order valence-electron chi connectivity index (χ1n) is 30.2. The second kappa shape index (κ2) is 21.1. The van der Waals surface area contributed by atoms with Gasteiger partial charge in [-0.2, -0.15) is 0 Å². The Labute approximate surface area is 467 Å². The molecule has 0 aliphatic heterocycles. The largest absolute Gasteiger partial charge is 0.354 e. The van der Waals surface area contributed by atoms with Crippen LogP contribution in [0.1, 0.15) is 137 Å². The van der Waals surface area contributed by atoms with Crippen LogP contribution in [-0.4, -0.2) is 34.9 Å². The van der Waals surface area contributed by atoms with Gasteiger partial charge in [0, 0.05) is 89.4 Å². The van der Waals surface area contributed by atoms with E-state index in [0.29, 0.717) is 24.2 Å². The average Bonchev–Trinajstić information content (AvgIpc) is 3.20. The van der Waals surface area contributed by atoms with Crippen LogP contribution in [0.4, 0.5) is 0 Å². The lowest BCUT2D eigenvalue weighted by atomic mass is 9.83. The molecule has 14 aromatic rings. The first-order chi connectivity index (χ1) is 39.5. The van der Waals surface area contributed by atoms with Gasteiger partial charge in [0.05, 0.1) is 0 Å². The number of fused-ring (bicyclic) bond motifs is 2. The first-order valence-corrected chi connectivity index (χ1v) is 30.2. The van der Waals surface area contributed by atoms with Gasteiger partial charge in [0.25, 0.3) is 11.8 Å². The molecule has 398 valence electrons. The highest BCUT2D eigenvalue weighted by molar-refractivity contribution is 6.44. The van der Waals surface area contributed by atoms with Crippen LogP contribution in [0.3, 0.4) is 0 Å². The van der Waals surface area contributed by atoms with Crippen LogP contribution in [0.15, 0.2) is 146 Å². The summed E-state index contributed by atoms with van der Waals surface area (Å²) < 4.78 is 0. The summed E-state index contributed by atoms with van der Waals surface area (Å²) in [7, 11) is 0. The molecule has 0 unspecified atom stereocenters. The Morgan fingerprint density at radius 3 is 0.912 bits per heavy atom. The van der Waals surface area contributed by atoms with Crippen LogP contribution in [0.25, 0.3) is 142 Å². The van der Waals surface area contributed by atoms with E-state index in [9.17, 15) is 9.59 Å². The second-order valence-corrected chi connectivity index (χ2v) is 23.2. The Bertz CT molecular complexity index is 4250. The van der Waals surface area contributed by atoms with E-state index in [1.54, 1.807) is 0 Å². The van der Waals surface area contributed by atoms with E-state index in [1.807, 2.05) is 24.3 Å². The number of aromatic nitrogens is 2. The van der Waals surface area contributed by atoms with Crippen molar-refractivity contribution in [3.05, 3.63) is 157 Å². The topological polar surface area (TPSA) is 89.8 Å². The quantitative estimate of drug-likeness (QED) is 0.0292. The van der Waals surface area contributed by atoms with Gasteiger partial charge in [-0.1, -0.05) is 201 Å². The van der Waals surface area contributed by atoms with Crippen molar-refractivity contribution < 1.29 is 9.59 Å². The molecule has 0 spiro atoms. The monoisotopic (exact) mass is 1050 g/mol. The summed E-state index contributed by atoms with van der Waals surface area (Å²) in [5.74, 6) is -0.0106. The van der Waals surface area contributed by atoms with Crippen LogP contribution in [0, 0.1) is 0 Å². The highest BCUT2D eigenvalue weighted by Crippen LogP contribution is 2.53. The van der Waals surface area contributed by atoms with Gasteiger partial charge in [0.15, 0.2) is 0 Å². The summed E-state index contributed by atoms with van der Waals surface area (Å²) >= 11 is 0. The van der Waals surface area contributed by atoms with E-state index in [4.69, 9.17) is 0 Å². The minimum Gasteiger partial charge on any atom is -0.354 e. The van der Waals surface area contributed by atoms with Gasteiger partial charge < -0.3 is 20.6 Å². The zero-order chi connectivity index (χ0) is 53.8. The second-order valence-electron chi connectivity index (χ2n) is 23.2. The molecular formula is C74H70N4O2. The molecule has 12 aromatic carbocycles. The maximum absolute atomic E-state index is 13.3. The van der Waals surface area contributed by atoms with Crippen molar-refractivity contribution in [1.82, 2.24) is 20.6 Å². The molecule has 6 nitrogen and oxygen atoms in total. The lowest BCUT2D eigenvalue weighted by molar-refractivity contribution is 0.0944. The molecule has 0 fully saturated rings. The molecule has 0 aliphatic carbocycles. The van der Waals surface area contributed by atoms with E-state index in [0.717, 1.165) is 70.0 Å². The van der Waals surface area contributed by atoms with Crippen LogP contribution < -0.4 is 10.6 Å². The Kier molecular flexibility index (Phi) is 13.2. The van der Waals surface area contributed by atoms with Crippen LogP contribution in [-0.2, 0) is 0 Å². The molecule has 0 bridgehead atoms. The summed E-state index contributed by atoms with van der Waals surface area (Å²) in [5.41, 5.74) is 12.8. The Balaban J connectivity index is 0.809. The smallest absolute Gasteiger partial charge is 0.251 e. The van der Waals surface area contributed by atoms with Crippen molar-refractivity contribution in [2.45, 2.75) is 117 Å². The minimum atomic E-state index is -0.00529. The van der Waals surface area contributed by atoms with Gasteiger partial charge in [-0.25, -0.2) is 0 Å². The van der Waals surface area contributed by atoms with E-state index >= 15 is 0 Å². The molecule has 0 aliphatic rings. The average molecular weight is 1050 g/mol. The first kappa shape index (κ1) is 50.0. The fraction of sp³-hybridized carbons (Fsp3) is 0.270. The highest BCUT2D eigenvalue weighted by atomic mass is 16.2. The molecular weight excluding hydrogens is 977 g/mol. The van der Waals surface area contributed by atoms with Crippen molar-refractivity contribution in [3.63, 3.8) is 0 Å². The van der Waals surface area contributed by atoms with Gasteiger partial charge >= 0.3 is 0 Å². The van der Waals surface area contributed by atoms with Gasteiger partial charge in [0.2, 0.25) is 0 Å². The number of aromatic amines is 2. The van der Waals surface area contributed by atoms with Gasteiger partial charge in [0.1, 0.15) is 0 Å². The maximum atomic E-state index is 13.3. The third kappa shape index (κ3) is 8.44. The molecule has 0 saturated heterocycles. The van der Waals surface area contributed by atoms with Crippen molar-refractivity contribution in [1.29, 1.82) is 0 Å². The lowest BCUT2D eigenvalue weighted by Gasteiger charge is -2.19. The Morgan fingerprint density at radius 1 is 0.312 bits per heavy atom. The minimum absolute atomic E-state index is 0.00529. The van der Waals surface area contributed by atoms with Gasteiger partial charge in [-0.3, -0.25) is 9.59 Å². The number of rotatable bonds is 23. The summed E-state index contributed by atoms with van der Waals surface area (Å²) in [4.78, 5) is 34.6. The third-order valence-corrected chi connectivity index (χ3v) is 18.1. The summed E-state index contributed by atoms with van der Waals surface area (Å²) in [6.07, 6.45) is 19.9. The standard InChI is InChI=1S/C74H70N4O2/c1-3-5-7-9-11-13-15-17-39-75-73(79)47-35-31-45(32-36-47)57-41-61-69-65-49(23-19-27-53(57)65)51-25-21-29-55-59(43-63(77-61)71(69)67(51)55)60-44-64-72-68-52(26-22-30-56(60)68)50-24-20-28-54-58(42-62(78-64)70(72)66(50)54)46-33-37-48(38-34-46)74(80)76-40-18-16-14-12-10-8-6-4-2/h19-38,41-44,77-78H,3-18,39-40H2,1-2H3,(H,75,79)(H,76,80). The van der Waals surface area contributed by atoms with E-state index in [-0.39, 0.29) is 11.8 Å². The van der Waals surface area contributed by atoms with Crippen molar-refractivity contribution in [3.8, 4) is 33.4 Å². The number of nitrogens with one attached hydrogen (secondary N) is 4. The SMILES string of the molecule is CCCCCCCCCCNC(=O)c1ccc(-c2cc3[nH]c4cc(-c5cc6[nH]c7cc(-c8ccc(C(=O)NCCCCCCCCCC)cc8)c8cccc9c%10cccc5c%10c6c7c89)c5cccc6c7cccc2c7c3c4c56)cc1. The predicted molar refractivity (Wildman–Crippen MR) is 341 cm³/mol. The molecule has 0 saturated carbocycles. The number of hydrogen-bond donors (Lipinski definition) is 4. The number of benzene rings is 12. The van der Waals surface area contributed by atoms with E-state index in [1.165, 1.54) is 174 Å². The molecule has 2 aromatic heterocycles. The zero-order valence-corrected chi connectivity index (χ0v) is 46.4. The molecule has 4 N–H and O–H groups in total. The summed E-state index contributed by atoms with van der Waals surface area (Å²) in [6.45, 7) is 5.94. The summed E-state index contributed by atoms with van der Waals surface area (Å²) in [6, 6.07) is 53.2. The third-order valence-electron chi connectivity index (χ3n) is 18.1. The van der Waals surface area contributed by atoms with Gasteiger partial charge in [-0.15, -0.1) is 0 Å². The molecule has 14 rings (SSSR count). The van der Waals surface area contributed by atoms with Crippen molar-refractivity contribution >= 4 is 120 Å². The number of carbonyl (C=O) groups excluding carboxylic acids is 2. The van der Waals surface area contributed by atoms with E-state index < -0.39 is 0 Å². The lowest BCUT2D eigenvalue weighted by Crippen LogP contribution is -2.24. The number of carbonyl (C=O) groups is 2.